The van der Waals surface area contributed by atoms with Gasteiger partial charge in [0.05, 0.1) is 21.7 Å². The van der Waals surface area contributed by atoms with E-state index in [1.165, 1.54) is 28.7 Å². The van der Waals surface area contributed by atoms with Crippen LogP contribution >= 0.6 is 34.8 Å². The zero-order valence-corrected chi connectivity index (χ0v) is 18.5. The molecule has 0 spiro atoms. The number of carbonyl (C=O) groups excluding carboxylic acids is 1. The Morgan fingerprint density at radius 1 is 1.21 bits per heavy atom. The summed E-state index contributed by atoms with van der Waals surface area (Å²) in [6.07, 6.45) is 2.83. The molecule has 156 valence electrons. The highest BCUT2D eigenvalue weighted by atomic mass is 35.5. The van der Waals surface area contributed by atoms with Crippen molar-refractivity contribution in [2.24, 2.45) is 0 Å². The maximum absolute atomic E-state index is 13.0. The van der Waals surface area contributed by atoms with Crippen LogP contribution in [0.2, 0.25) is 15.1 Å². The van der Waals surface area contributed by atoms with Gasteiger partial charge in [-0.05, 0) is 38.0 Å². The fourth-order valence-corrected chi connectivity index (χ4v) is 5.16. The molecule has 7 nitrogen and oxygen atoms in total. The Bertz CT molecular complexity index is 1040. The molecule has 0 unspecified atom stereocenters. The number of hydrogen-bond donors (Lipinski definition) is 1. The third kappa shape index (κ3) is 4.62. The summed E-state index contributed by atoms with van der Waals surface area (Å²) in [4.78, 5) is 16.5. The SMILES string of the molecule is CCOc1ccc(NC(=O)c2ncc(Cl)c(Cl)c2Cl)cc1S(=O)(=O)N1CCCC1. The van der Waals surface area contributed by atoms with Gasteiger partial charge >= 0.3 is 0 Å². The quantitative estimate of drug-likeness (QED) is 0.661. The highest BCUT2D eigenvalue weighted by Gasteiger charge is 2.30. The first-order valence-corrected chi connectivity index (χ1v) is 11.4. The lowest BCUT2D eigenvalue weighted by atomic mass is 10.2. The number of carbonyl (C=O) groups is 1. The molecule has 0 bridgehead atoms. The Morgan fingerprint density at radius 2 is 1.90 bits per heavy atom. The lowest BCUT2D eigenvalue weighted by Gasteiger charge is -2.19. The summed E-state index contributed by atoms with van der Waals surface area (Å²) in [5.74, 6) is -0.426. The van der Waals surface area contributed by atoms with Crippen LogP contribution in [-0.4, -0.2) is 43.3 Å². The molecule has 1 N–H and O–H groups in total. The largest absolute Gasteiger partial charge is 0.492 e. The van der Waals surface area contributed by atoms with E-state index in [2.05, 4.69) is 10.3 Å². The van der Waals surface area contributed by atoms with Gasteiger partial charge in [0.25, 0.3) is 5.91 Å². The van der Waals surface area contributed by atoms with Crippen molar-refractivity contribution in [1.82, 2.24) is 9.29 Å². The second-order valence-electron chi connectivity index (χ2n) is 6.24. The molecule has 1 saturated heterocycles. The third-order valence-electron chi connectivity index (χ3n) is 4.32. The van der Waals surface area contributed by atoms with Gasteiger partial charge in [-0.15, -0.1) is 0 Å². The second kappa shape index (κ2) is 9.06. The molecule has 3 rings (SSSR count). The van der Waals surface area contributed by atoms with Gasteiger partial charge in [0, 0.05) is 25.0 Å². The van der Waals surface area contributed by atoms with E-state index in [0.717, 1.165) is 12.8 Å². The number of ether oxygens (including phenoxy) is 1. The van der Waals surface area contributed by atoms with E-state index in [1.807, 2.05) is 0 Å². The molecule has 1 aliphatic heterocycles. The molecule has 1 fully saturated rings. The molecule has 0 aliphatic carbocycles. The van der Waals surface area contributed by atoms with Crippen molar-refractivity contribution in [3.63, 3.8) is 0 Å². The first-order chi connectivity index (χ1) is 13.8. The first-order valence-electron chi connectivity index (χ1n) is 8.83. The smallest absolute Gasteiger partial charge is 0.275 e. The van der Waals surface area contributed by atoms with E-state index in [9.17, 15) is 13.2 Å². The normalized spacial score (nSPS) is 14.8. The van der Waals surface area contributed by atoms with Crippen molar-refractivity contribution in [3.8, 4) is 5.75 Å². The minimum Gasteiger partial charge on any atom is -0.492 e. The van der Waals surface area contributed by atoms with Gasteiger partial charge in [-0.3, -0.25) is 4.79 Å². The van der Waals surface area contributed by atoms with Gasteiger partial charge < -0.3 is 10.1 Å². The molecule has 0 saturated carbocycles. The predicted molar refractivity (Wildman–Crippen MR) is 113 cm³/mol. The van der Waals surface area contributed by atoms with Gasteiger partial charge in [0.1, 0.15) is 16.3 Å². The summed E-state index contributed by atoms with van der Waals surface area (Å²) in [5, 5.41) is 2.63. The number of rotatable bonds is 6. The molecule has 1 aromatic carbocycles. The number of anilines is 1. The number of sulfonamides is 1. The van der Waals surface area contributed by atoms with E-state index in [-0.39, 0.29) is 37.1 Å². The molecule has 2 aromatic rings. The lowest BCUT2D eigenvalue weighted by molar-refractivity contribution is 0.102. The Hall–Kier alpha value is -1.58. The number of halogens is 3. The molecule has 29 heavy (non-hydrogen) atoms. The number of hydrogen-bond acceptors (Lipinski definition) is 5. The van der Waals surface area contributed by atoms with E-state index >= 15 is 0 Å². The Balaban J connectivity index is 1.95. The summed E-state index contributed by atoms with van der Waals surface area (Å²) in [6, 6.07) is 4.41. The average Bonchev–Trinajstić information content (AvgIpc) is 3.23. The van der Waals surface area contributed by atoms with Crippen LogP contribution in [0.5, 0.6) is 5.75 Å². The van der Waals surface area contributed by atoms with E-state index in [4.69, 9.17) is 39.5 Å². The minimum absolute atomic E-state index is 0.00718. The van der Waals surface area contributed by atoms with Gasteiger partial charge in [-0.25, -0.2) is 13.4 Å². The molecule has 1 aliphatic rings. The van der Waals surface area contributed by atoms with E-state index < -0.39 is 15.9 Å². The highest BCUT2D eigenvalue weighted by Crippen LogP contribution is 2.33. The molecule has 11 heteroatoms. The van der Waals surface area contributed by atoms with Crippen LogP contribution in [0, 0.1) is 0 Å². The van der Waals surface area contributed by atoms with Crippen LogP contribution in [-0.2, 0) is 10.0 Å². The number of benzene rings is 1. The van der Waals surface area contributed by atoms with E-state index in [0.29, 0.717) is 19.7 Å². The molecular weight excluding hydrogens is 461 g/mol. The summed E-state index contributed by atoms with van der Waals surface area (Å²) in [5.41, 5.74) is 0.124. The van der Waals surface area contributed by atoms with Crippen LogP contribution < -0.4 is 10.1 Å². The van der Waals surface area contributed by atoms with Crippen molar-refractivity contribution in [3.05, 3.63) is 45.2 Å². The minimum atomic E-state index is -3.76. The van der Waals surface area contributed by atoms with Crippen LogP contribution in [0.1, 0.15) is 30.3 Å². The van der Waals surface area contributed by atoms with Crippen molar-refractivity contribution in [2.45, 2.75) is 24.7 Å². The molecule has 0 radical (unpaired) electrons. The molecule has 1 amide bonds. The summed E-state index contributed by atoms with van der Waals surface area (Å²) in [7, 11) is -3.76. The maximum Gasteiger partial charge on any atom is 0.275 e. The van der Waals surface area contributed by atoms with Crippen molar-refractivity contribution >= 4 is 56.4 Å². The number of pyridine rings is 1. The van der Waals surface area contributed by atoms with Crippen LogP contribution in [0.25, 0.3) is 0 Å². The van der Waals surface area contributed by atoms with Crippen molar-refractivity contribution in [1.29, 1.82) is 0 Å². The van der Waals surface area contributed by atoms with Crippen LogP contribution in [0.15, 0.2) is 29.3 Å². The summed E-state index contributed by atoms with van der Waals surface area (Å²) >= 11 is 17.8. The topological polar surface area (TPSA) is 88.6 Å². The maximum atomic E-state index is 13.0. The van der Waals surface area contributed by atoms with E-state index in [1.54, 1.807) is 6.92 Å². The van der Waals surface area contributed by atoms with Gasteiger partial charge in [-0.1, -0.05) is 34.8 Å². The van der Waals surface area contributed by atoms with Crippen molar-refractivity contribution in [2.75, 3.05) is 25.0 Å². The summed E-state index contributed by atoms with van der Waals surface area (Å²) in [6.45, 7) is 2.97. The van der Waals surface area contributed by atoms with Gasteiger partial charge in [-0.2, -0.15) is 4.31 Å². The third-order valence-corrected chi connectivity index (χ3v) is 7.48. The van der Waals surface area contributed by atoms with Gasteiger partial charge in [0.15, 0.2) is 0 Å². The zero-order valence-electron chi connectivity index (χ0n) is 15.4. The second-order valence-corrected chi connectivity index (χ2v) is 9.31. The molecule has 1 aromatic heterocycles. The fourth-order valence-electron chi connectivity index (χ4n) is 2.92. The Labute approximate surface area is 184 Å². The predicted octanol–water partition coefficient (Wildman–Crippen LogP) is 4.48. The first kappa shape index (κ1) is 22.1. The lowest BCUT2D eigenvalue weighted by Crippen LogP contribution is -2.28. The van der Waals surface area contributed by atoms with Crippen LogP contribution in [0.3, 0.4) is 0 Å². The molecule has 0 atom stereocenters. The zero-order chi connectivity index (χ0) is 21.2. The number of amides is 1. The monoisotopic (exact) mass is 477 g/mol. The van der Waals surface area contributed by atoms with Gasteiger partial charge in [0.2, 0.25) is 10.0 Å². The highest BCUT2D eigenvalue weighted by molar-refractivity contribution is 7.89. The number of nitrogens with zero attached hydrogens (tertiary/aromatic N) is 2. The molecular formula is C18H18Cl3N3O4S. The number of aromatic nitrogens is 1. The standard InChI is InChI=1S/C18H18Cl3N3O4S/c1-2-28-13-6-5-11(9-14(13)29(26,27)24-7-3-4-8-24)23-18(25)17-16(21)15(20)12(19)10-22-17/h5-6,9-10H,2-4,7-8H2,1H3,(H,23,25). The Morgan fingerprint density at radius 3 is 2.55 bits per heavy atom. The van der Waals surface area contributed by atoms with Crippen LogP contribution in [0.4, 0.5) is 5.69 Å². The Kier molecular flexibility index (Phi) is 6.90. The average molecular weight is 479 g/mol. The fraction of sp³-hybridized carbons (Fsp3) is 0.333. The van der Waals surface area contributed by atoms with Crippen molar-refractivity contribution < 1.29 is 17.9 Å². The number of nitrogens with one attached hydrogen (secondary N) is 1. The summed E-state index contributed by atoms with van der Waals surface area (Å²) < 4.78 is 33.0. The molecule has 2 heterocycles.